The first-order valence-electron chi connectivity index (χ1n) is 25.8. The van der Waals surface area contributed by atoms with Crippen molar-refractivity contribution in [2.45, 2.75) is 0 Å². The first kappa shape index (κ1) is 17.0. The fourth-order valence-corrected chi connectivity index (χ4v) is 7.50. The van der Waals surface area contributed by atoms with E-state index in [0.717, 1.165) is 21.9 Å². The minimum atomic E-state index is -0.834. The van der Waals surface area contributed by atoms with Crippen LogP contribution < -0.4 is 0 Å². The molecule has 0 fully saturated rings. The minimum Gasteiger partial charge on any atom is -0.456 e. The molecule has 1 nitrogen and oxygen atoms in total. The molecule has 246 valence electrons. The van der Waals surface area contributed by atoms with Gasteiger partial charge in [-0.3, -0.25) is 0 Å². The van der Waals surface area contributed by atoms with Gasteiger partial charge in [-0.15, -0.1) is 0 Å². The predicted octanol–water partition coefficient (Wildman–Crippen LogP) is 14.9. The van der Waals surface area contributed by atoms with Crippen molar-refractivity contribution in [1.29, 1.82) is 0 Å². The summed E-state index contributed by atoms with van der Waals surface area (Å²) < 4.78 is 170. The third-order valence-electron chi connectivity index (χ3n) is 9.81. The molecule has 0 aliphatic carbocycles. The average Bonchev–Trinajstić information content (AvgIpc) is 3.75. The van der Waals surface area contributed by atoms with E-state index in [9.17, 15) is 9.60 Å². The van der Waals surface area contributed by atoms with Gasteiger partial charge in [-0.2, -0.15) is 0 Å². The molecule has 1 aromatic heterocycles. The van der Waals surface area contributed by atoms with Crippen LogP contribution in [0.5, 0.6) is 0 Å². The monoisotopic (exact) mass is 690 g/mol. The van der Waals surface area contributed by atoms with E-state index in [2.05, 4.69) is 6.07 Å². The number of fused-ring (bicyclic) bond motifs is 7. The summed E-state index contributed by atoms with van der Waals surface area (Å²) in [5.74, 6) is 0. The molecule has 0 atom stereocenters. The van der Waals surface area contributed by atoms with Crippen LogP contribution in [0.1, 0.15) is 24.7 Å². The molecule has 0 N–H and O–H groups in total. The second kappa shape index (κ2) is 11.8. The van der Waals surface area contributed by atoms with Gasteiger partial charge in [0.05, 0.1) is 24.7 Å². The van der Waals surface area contributed by atoms with Crippen LogP contribution in [0.4, 0.5) is 0 Å². The molecule has 1 heteroatoms. The Labute approximate surface area is 332 Å². The zero-order valence-electron chi connectivity index (χ0n) is 45.5. The molecule has 0 unspecified atom stereocenters. The summed E-state index contributed by atoms with van der Waals surface area (Å²) in [6, 6.07) is 12.6. The molecule has 0 radical (unpaired) electrons. The van der Waals surface area contributed by atoms with E-state index in [0.29, 0.717) is 27.5 Å². The van der Waals surface area contributed by atoms with Gasteiger partial charge in [0.25, 0.3) is 0 Å². The van der Waals surface area contributed by atoms with Crippen LogP contribution in [-0.4, -0.2) is 0 Å². The summed E-state index contributed by atoms with van der Waals surface area (Å²) in [5.41, 5.74) is 1.30. The molecule has 0 amide bonds. The summed E-state index contributed by atoms with van der Waals surface area (Å²) in [5, 5.41) is 0.821. The summed E-state index contributed by atoms with van der Waals surface area (Å²) in [6.45, 7) is 0. The van der Waals surface area contributed by atoms with Gasteiger partial charge in [-0.05, 0) is 112 Å². The van der Waals surface area contributed by atoms with E-state index >= 15 is 0 Å². The van der Waals surface area contributed by atoms with Crippen LogP contribution in [-0.2, 0) is 0 Å². The van der Waals surface area contributed by atoms with Crippen LogP contribution in [0.3, 0.4) is 0 Å². The average molecular weight is 691 g/mol. The smallest absolute Gasteiger partial charge is 0.136 e. The SMILES string of the molecule is [2H]c1cc(-c2cccc3oc4ccc(-c5ccc6ccccc6c5)cc4c23)c2c([2H])c([2H])c([2H])c([2H])c2c1-c1c2c([2H])c([2H])c([2H])c([2H])c2c(-c2c([2H])c([2H])c([2H])c([2H])c2[2H])c2c([2H])c([2H])c([2H])c([2H])c12. The third-order valence-corrected chi connectivity index (χ3v) is 9.81. The van der Waals surface area contributed by atoms with E-state index in [1.807, 2.05) is 54.6 Å². The molecular weight excluding hydrogens is 641 g/mol. The molecule has 0 saturated heterocycles. The molecule has 1 heterocycles. The van der Waals surface area contributed by atoms with Gasteiger partial charge in [-0.1, -0.05) is 169 Å². The normalized spacial score (nSPS) is 16.5. The molecule has 10 aromatic carbocycles. The van der Waals surface area contributed by atoms with E-state index in [1.54, 1.807) is 18.2 Å². The van der Waals surface area contributed by atoms with Crippen LogP contribution in [0.2, 0.25) is 0 Å². The maximum atomic E-state index is 9.98. The van der Waals surface area contributed by atoms with Crippen molar-refractivity contribution in [1.82, 2.24) is 0 Å². The van der Waals surface area contributed by atoms with Gasteiger partial charge in [0.15, 0.2) is 0 Å². The van der Waals surface area contributed by atoms with Gasteiger partial charge >= 0.3 is 0 Å². The lowest BCUT2D eigenvalue weighted by Gasteiger charge is -2.19. The van der Waals surface area contributed by atoms with Crippen molar-refractivity contribution >= 4 is 65.0 Å². The first-order chi connectivity index (χ1) is 33.8. The molecule has 0 spiro atoms. The Balaban J connectivity index is 1.34. The highest BCUT2D eigenvalue weighted by atomic mass is 16.3. The lowest BCUT2D eigenvalue weighted by atomic mass is 9.83. The van der Waals surface area contributed by atoms with Crippen LogP contribution in [0.25, 0.3) is 110 Å². The Bertz CT molecular complexity index is 4160. The Hall–Kier alpha value is -6.96. The van der Waals surface area contributed by atoms with Crippen molar-refractivity contribution in [2.24, 2.45) is 0 Å². The topological polar surface area (TPSA) is 13.1 Å². The molecular formula is C52H32O. The fraction of sp³-hybridized carbons (Fsp3) is 0. The van der Waals surface area contributed by atoms with Crippen LogP contribution in [0.15, 0.2) is 198 Å². The van der Waals surface area contributed by atoms with Crippen molar-refractivity contribution in [3.63, 3.8) is 0 Å². The van der Waals surface area contributed by atoms with Gasteiger partial charge in [-0.25, -0.2) is 0 Å². The summed E-state index contributed by atoms with van der Waals surface area (Å²) in [7, 11) is 0. The highest BCUT2D eigenvalue weighted by Gasteiger charge is 2.20. The third kappa shape index (κ3) is 4.64. The Kier molecular flexibility index (Phi) is 3.79. The Morgan fingerprint density at radius 1 is 0.340 bits per heavy atom. The lowest BCUT2D eigenvalue weighted by molar-refractivity contribution is 0.669. The highest BCUT2D eigenvalue weighted by molar-refractivity contribution is 6.25. The van der Waals surface area contributed by atoms with Gasteiger partial charge in [0.2, 0.25) is 0 Å². The molecule has 0 saturated carbocycles. The minimum absolute atomic E-state index is 0.132. The number of benzene rings is 10. The maximum Gasteiger partial charge on any atom is 0.136 e. The number of furan rings is 1. The van der Waals surface area contributed by atoms with E-state index in [4.69, 9.17) is 19.5 Å². The first-order valence-corrected chi connectivity index (χ1v) is 16.8. The largest absolute Gasteiger partial charge is 0.456 e. The highest BCUT2D eigenvalue weighted by Crippen LogP contribution is 2.47. The number of hydrogen-bond acceptors (Lipinski definition) is 1. The van der Waals surface area contributed by atoms with E-state index in [-0.39, 0.29) is 21.9 Å². The van der Waals surface area contributed by atoms with Crippen LogP contribution in [0, 0.1) is 0 Å². The molecule has 53 heavy (non-hydrogen) atoms. The van der Waals surface area contributed by atoms with E-state index < -0.39 is 147 Å². The number of hydrogen-bond donors (Lipinski definition) is 0. The second-order valence-corrected chi connectivity index (χ2v) is 12.6. The van der Waals surface area contributed by atoms with E-state index in [1.165, 1.54) is 6.07 Å². The molecule has 0 aliphatic rings. The zero-order chi connectivity index (χ0) is 50.5. The second-order valence-electron chi connectivity index (χ2n) is 12.6. The van der Waals surface area contributed by atoms with Crippen molar-refractivity contribution in [3.05, 3.63) is 194 Å². The molecule has 11 aromatic rings. The van der Waals surface area contributed by atoms with Crippen molar-refractivity contribution < 1.29 is 29.1 Å². The van der Waals surface area contributed by atoms with Gasteiger partial charge < -0.3 is 4.42 Å². The maximum absolute atomic E-state index is 9.98. The summed E-state index contributed by atoms with van der Waals surface area (Å²) in [6.07, 6.45) is 0. The predicted molar refractivity (Wildman–Crippen MR) is 225 cm³/mol. The molecule has 0 aliphatic heterocycles. The zero-order valence-corrected chi connectivity index (χ0v) is 27.5. The summed E-state index contributed by atoms with van der Waals surface area (Å²) >= 11 is 0. The Morgan fingerprint density at radius 3 is 1.68 bits per heavy atom. The molecule has 0 bridgehead atoms. The quantitative estimate of drug-likeness (QED) is 0.168. The van der Waals surface area contributed by atoms with Crippen LogP contribution >= 0.6 is 0 Å². The fourth-order valence-electron chi connectivity index (χ4n) is 7.50. The lowest BCUT2D eigenvalue weighted by Crippen LogP contribution is -1.92. The van der Waals surface area contributed by atoms with Crippen molar-refractivity contribution in [3.8, 4) is 44.5 Å². The Morgan fingerprint density at radius 2 is 0.943 bits per heavy atom. The van der Waals surface area contributed by atoms with Crippen molar-refractivity contribution in [2.75, 3.05) is 0 Å². The van der Waals surface area contributed by atoms with Gasteiger partial charge in [0.1, 0.15) is 11.2 Å². The summed E-state index contributed by atoms with van der Waals surface area (Å²) in [4.78, 5) is 0. The number of rotatable bonds is 4. The van der Waals surface area contributed by atoms with Gasteiger partial charge in [0, 0.05) is 10.8 Å². The molecule has 11 rings (SSSR count). The standard InChI is InChI=1S/C52H32O/c1-2-14-34(15-3-1)50-42-19-8-10-21-44(42)51(45-22-11-9-20-43(45)50)46-29-28-40(38-17-6-7-18-39(38)46)41-23-12-24-49-52(41)47-32-37(27-30-48(47)53-49)36-26-25-33-13-4-5-16-35(33)31-36/h1-32H/i1D,2D,3D,6D,7D,8D,9D,10D,11D,14D,15D,17D,18D,19D,20D,21D,22D,29D.